The van der Waals surface area contributed by atoms with Gasteiger partial charge in [0.1, 0.15) is 0 Å². The Labute approximate surface area is 111 Å². The van der Waals surface area contributed by atoms with Crippen molar-refractivity contribution in [1.29, 1.82) is 0 Å². The zero-order valence-electron chi connectivity index (χ0n) is 11.4. The van der Waals surface area contributed by atoms with Crippen LogP contribution in [0.25, 0.3) is 0 Å². The van der Waals surface area contributed by atoms with Crippen LogP contribution >= 0.6 is 0 Å². The third-order valence-corrected chi connectivity index (χ3v) is 5.09. The first-order chi connectivity index (χ1) is 8.88. The molecule has 2 saturated carbocycles. The summed E-state index contributed by atoms with van der Waals surface area (Å²) in [5, 5.41) is 3.78. The molecular formula is C15H28N2O. The standard InChI is InChI=1S/C15H28N2O/c16-8-15(13-2-1-7-18-10-13)17-9-14(11-3-4-11)12-5-6-12/h11-15,17H,1-10,16H2. The van der Waals surface area contributed by atoms with Crippen molar-refractivity contribution in [2.75, 3.05) is 26.3 Å². The van der Waals surface area contributed by atoms with Crippen molar-refractivity contribution in [2.24, 2.45) is 29.4 Å². The van der Waals surface area contributed by atoms with Crippen molar-refractivity contribution in [1.82, 2.24) is 5.32 Å². The normalized spacial score (nSPS) is 30.7. The maximum atomic E-state index is 5.96. The fourth-order valence-electron chi connectivity index (χ4n) is 3.58. The summed E-state index contributed by atoms with van der Waals surface area (Å²) in [6.07, 6.45) is 8.39. The summed E-state index contributed by atoms with van der Waals surface area (Å²) in [6.45, 7) is 3.82. The Hall–Kier alpha value is -0.120. The molecule has 104 valence electrons. The van der Waals surface area contributed by atoms with Crippen LogP contribution in [0.2, 0.25) is 0 Å². The van der Waals surface area contributed by atoms with E-state index < -0.39 is 0 Å². The minimum absolute atomic E-state index is 0.477. The molecule has 3 fully saturated rings. The van der Waals surface area contributed by atoms with Crippen LogP contribution in [0.3, 0.4) is 0 Å². The van der Waals surface area contributed by atoms with E-state index in [0.29, 0.717) is 12.0 Å². The highest BCUT2D eigenvalue weighted by atomic mass is 16.5. The fraction of sp³-hybridized carbons (Fsp3) is 1.00. The summed E-state index contributed by atoms with van der Waals surface area (Å²) in [5.74, 6) is 3.66. The number of ether oxygens (including phenoxy) is 1. The second-order valence-electron chi connectivity index (χ2n) is 6.57. The van der Waals surface area contributed by atoms with E-state index in [0.717, 1.165) is 37.5 Å². The summed E-state index contributed by atoms with van der Waals surface area (Å²) in [7, 11) is 0. The monoisotopic (exact) mass is 252 g/mol. The first-order valence-electron chi connectivity index (χ1n) is 7.89. The van der Waals surface area contributed by atoms with Gasteiger partial charge >= 0.3 is 0 Å². The van der Waals surface area contributed by atoms with E-state index in [1.807, 2.05) is 0 Å². The van der Waals surface area contributed by atoms with E-state index in [2.05, 4.69) is 5.32 Å². The fourth-order valence-corrected chi connectivity index (χ4v) is 3.58. The van der Waals surface area contributed by atoms with Gasteiger partial charge in [-0.05, 0) is 68.7 Å². The minimum atomic E-state index is 0.477. The molecule has 0 amide bonds. The molecule has 1 aliphatic heterocycles. The SMILES string of the molecule is NCC(NCC(C1CC1)C1CC1)C1CCCOC1. The van der Waals surface area contributed by atoms with Crippen molar-refractivity contribution in [3.8, 4) is 0 Å². The second kappa shape index (κ2) is 5.89. The molecule has 0 bridgehead atoms. The third-order valence-electron chi connectivity index (χ3n) is 5.09. The average Bonchev–Trinajstić information content (AvgIpc) is 3.29. The van der Waals surface area contributed by atoms with E-state index in [9.17, 15) is 0 Å². The smallest absolute Gasteiger partial charge is 0.0509 e. The molecule has 2 atom stereocenters. The highest BCUT2D eigenvalue weighted by Crippen LogP contribution is 2.48. The van der Waals surface area contributed by atoms with E-state index in [1.165, 1.54) is 45.1 Å². The highest BCUT2D eigenvalue weighted by Gasteiger charge is 2.41. The van der Waals surface area contributed by atoms with Gasteiger partial charge in [0, 0.05) is 19.2 Å². The van der Waals surface area contributed by atoms with E-state index in [-0.39, 0.29) is 0 Å². The first kappa shape index (κ1) is 12.9. The number of nitrogens with two attached hydrogens (primary N) is 1. The summed E-state index contributed by atoms with van der Waals surface area (Å²) < 4.78 is 5.60. The molecule has 0 radical (unpaired) electrons. The maximum Gasteiger partial charge on any atom is 0.0509 e. The molecule has 0 spiro atoms. The molecule has 2 aliphatic carbocycles. The van der Waals surface area contributed by atoms with Crippen LogP contribution in [0, 0.1) is 23.7 Å². The second-order valence-corrected chi connectivity index (χ2v) is 6.57. The lowest BCUT2D eigenvalue weighted by Crippen LogP contribution is -2.47. The van der Waals surface area contributed by atoms with Gasteiger partial charge in [0.05, 0.1) is 6.61 Å². The molecule has 2 unspecified atom stereocenters. The summed E-state index contributed by atoms with van der Waals surface area (Å²) in [4.78, 5) is 0. The van der Waals surface area contributed by atoms with Crippen molar-refractivity contribution < 1.29 is 4.74 Å². The molecule has 1 saturated heterocycles. The van der Waals surface area contributed by atoms with Crippen molar-refractivity contribution in [3.05, 3.63) is 0 Å². The maximum absolute atomic E-state index is 5.96. The highest BCUT2D eigenvalue weighted by molar-refractivity contribution is 4.93. The molecule has 3 aliphatic rings. The predicted molar refractivity (Wildman–Crippen MR) is 73.3 cm³/mol. The van der Waals surface area contributed by atoms with Crippen molar-refractivity contribution in [3.63, 3.8) is 0 Å². The Morgan fingerprint density at radius 3 is 2.28 bits per heavy atom. The van der Waals surface area contributed by atoms with Gasteiger partial charge in [-0.1, -0.05) is 0 Å². The molecule has 3 nitrogen and oxygen atoms in total. The summed E-state index contributed by atoms with van der Waals surface area (Å²) in [5.41, 5.74) is 5.96. The van der Waals surface area contributed by atoms with Gasteiger partial charge < -0.3 is 15.8 Å². The molecule has 0 aromatic rings. The Morgan fingerprint density at radius 2 is 1.78 bits per heavy atom. The summed E-state index contributed by atoms with van der Waals surface area (Å²) in [6, 6.07) is 0.477. The van der Waals surface area contributed by atoms with E-state index >= 15 is 0 Å². The van der Waals surface area contributed by atoms with Gasteiger partial charge in [-0.3, -0.25) is 0 Å². The van der Waals surface area contributed by atoms with Crippen molar-refractivity contribution >= 4 is 0 Å². The molecule has 3 rings (SSSR count). The zero-order valence-corrected chi connectivity index (χ0v) is 11.4. The number of hydrogen-bond acceptors (Lipinski definition) is 3. The summed E-state index contributed by atoms with van der Waals surface area (Å²) >= 11 is 0. The predicted octanol–water partition coefficient (Wildman–Crippen LogP) is 1.77. The largest absolute Gasteiger partial charge is 0.381 e. The van der Waals surface area contributed by atoms with Crippen LogP contribution in [-0.4, -0.2) is 32.3 Å². The van der Waals surface area contributed by atoms with Crippen LogP contribution in [0.4, 0.5) is 0 Å². The van der Waals surface area contributed by atoms with Crippen LogP contribution in [0.1, 0.15) is 38.5 Å². The quantitative estimate of drug-likeness (QED) is 0.726. The molecular weight excluding hydrogens is 224 g/mol. The third kappa shape index (κ3) is 3.25. The molecule has 18 heavy (non-hydrogen) atoms. The Morgan fingerprint density at radius 1 is 1.06 bits per heavy atom. The Balaban J connectivity index is 1.46. The first-order valence-corrected chi connectivity index (χ1v) is 7.89. The number of nitrogens with one attached hydrogen (secondary N) is 1. The molecule has 0 aromatic carbocycles. The zero-order chi connectivity index (χ0) is 12.4. The van der Waals surface area contributed by atoms with Crippen LogP contribution < -0.4 is 11.1 Å². The van der Waals surface area contributed by atoms with Crippen LogP contribution in [0.15, 0.2) is 0 Å². The van der Waals surface area contributed by atoms with Gasteiger partial charge in [-0.25, -0.2) is 0 Å². The minimum Gasteiger partial charge on any atom is -0.381 e. The van der Waals surface area contributed by atoms with Gasteiger partial charge in [0.2, 0.25) is 0 Å². The van der Waals surface area contributed by atoms with Gasteiger partial charge in [-0.15, -0.1) is 0 Å². The van der Waals surface area contributed by atoms with Gasteiger partial charge in [0.25, 0.3) is 0 Å². The number of rotatable bonds is 7. The van der Waals surface area contributed by atoms with E-state index in [1.54, 1.807) is 0 Å². The molecule has 0 aromatic heterocycles. The lowest BCUT2D eigenvalue weighted by atomic mass is 9.92. The number of hydrogen-bond donors (Lipinski definition) is 2. The molecule has 3 heteroatoms. The average molecular weight is 252 g/mol. The lowest BCUT2D eigenvalue weighted by molar-refractivity contribution is 0.0396. The van der Waals surface area contributed by atoms with Crippen molar-refractivity contribution in [2.45, 2.75) is 44.6 Å². The van der Waals surface area contributed by atoms with Crippen LogP contribution in [-0.2, 0) is 4.74 Å². The van der Waals surface area contributed by atoms with Gasteiger partial charge in [0.15, 0.2) is 0 Å². The topological polar surface area (TPSA) is 47.3 Å². The Bertz CT molecular complexity index is 245. The molecule has 3 N–H and O–H groups in total. The molecule has 1 heterocycles. The lowest BCUT2D eigenvalue weighted by Gasteiger charge is -2.31. The van der Waals surface area contributed by atoms with Crippen LogP contribution in [0.5, 0.6) is 0 Å². The Kier molecular flexibility index (Phi) is 4.22. The van der Waals surface area contributed by atoms with E-state index in [4.69, 9.17) is 10.5 Å². The van der Waals surface area contributed by atoms with Gasteiger partial charge in [-0.2, -0.15) is 0 Å².